The molecule has 122 valence electrons. The standard InChI is InChI=1S/C15H13BrF3N3O/c1-2-7-21(10-15(17,18)19)14(23)11-8-20-22(9-11)13-5-3-12(16)4-6-13/h2-6,8-9H,1,7,10H2. The number of hydrogen-bond donors (Lipinski definition) is 0. The third kappa shape index (κ3) is 4.69. The number of rotatable bonds is 5. The smallest absolute Gasteiger partial charge is 0.326 e. The zero-order valence-corrected chi connectivity index (χ0v) is 13.5. The van der Waals surface area contributed by atoms with E-state index in [1.165, 1.54) is 23.2 Å². The van der Waals surface area contributed by atoms with Crippen LogP contribution in [0.25, 0.3) is 5.69 Å². The molecule has 0 aliphatic carbocycles. The quantitative estimate of drug-likeness (QED) is 0.731. The lowest BCUT2D eigenvalue weighted by Gasteiger charge is -2.21. The topological polar surface area (TPSA) is 38.1 Å². The highest BCUT2D eigenvalue weighted by atomic mass is 79.9. The summed E-state index contributed by atoms with van der Waals surface area (Å²) in [7, 11) is 0. The Morgan fingerprint density at radius 1 is 1.35 bits per heavy atom. The SMILES string of the molecule is C=CCN(CC(F)(F)F)C(=O)c1cnn(-c2ccc(Br)cc2)c1. The van der Waals surface area contributed by atoms with Gasteiger partial charge in [-0.2, -0.15) is 18.3 Å². The fourth-order valence-corrected chi connectivity index (χ4v) is 2.21. The van der Waals surface area contributed by atoms with Crippen LogP contribution < -0.4 is 0 Å². The minimum absolute atomic E-state index is 0.0824. The van der Waals surface area contributed by atoms with E-state index in [0.717, 1.165) is 4.47 Å². The number of carbonyl (C=O) groups excluding carboxylic acids is 1. The molecule has 2 aromatic rings. The molecule has 0 bridgehead atoms. The van der Waals surface area contributed by atoms with E-state index in [2.05, 4.69) is 27.6 Å². The van der Waals surface area contributed by atoms with Crippen LogP contribution in [0.15, 0.2) is 53.8 Å². The molecule has 0 saturated carbocycles. The lowest BCUT2D eigenvalue weighted by Crippen LogP contribution is -2.38. The molecule has 0 fully saturated rings. The lowest BCUT2D eigenvalue weighted by atomic mass is 10.3. The predicted molar refractivity (Wildman–Crippen MR) is 83.4 cm³/mol. The molecule has 1 aromatic heterocycles. The third-order valence-electron chi connectivity index (χ3n) is 2.93. The second-order valence-electron chi connectivity index (χ2n) is 4.74. The van der Waals surface area contributed by atoms with Crippen molar-refractivity contribution in [2.45, 2.75) is 6.18 Å². The highest BCUT2D eigenvalue weighted by Crippen LogP contribution is 2.19. The molecule has 0 unspecified atom stereocenters. The van der Waals surface area contributed by atoms with Crippen LogP contribution in [0.3, 0.4) is 0 Å². The molecule has 1 amide bonds. The number of carbonyl (C=O) groups is 1. The van der Waals surface area contributed by atoms with Crippen LogP contribution >= 0.6 is 15.9 Å². The maximum absolute atomic E-state index is 12.6. The van der Waals surface area contributed by atoms with Crippen LogP contribution in [0.2, 0.25) is 0 Å². The zero-order chi connectivity index (χ0) is 17.0. The number of benzene rings is 1. The van der Waals surface area contributed by atoms with Crippen LogP contribution in [0.5, 0.6) is 0 Å². The summed E-state index contributed by atoms with van der Waals surface area (Å²) in [5.41, 5.74) is 0.775. The molecule has 8 heteroatoms. The maximum Gasteiger partial charge on any atom is 0.406 e. The average Bonchev–Trinajstić information content (AvgIpc) is 2.95. The Morgan fingerprint density at radius 3 is 2.57 bits per heavy atom. The molecule has 0 aliphatic rings. The highest BCUT2D eigenvalue weighted by Gasteiger charge is 2.33. The Kier molecular flexibility index (Phi) is 5.25. The Balaban J connectivity index is 2.21. The summed E-state index contributed by atoms with van der Waals surface area (Å²) in [5, 5.41) is 4.02. The average molecular weight is 388 g/mol. The molecule has 0 N–H and O–H groups in total. The first-order valence-electron chi connectivity index (χ1n) is 6.57. The molecule has 0 aliphatic heterocycles. The summed E-state index contributed by atoms with van der Waals surface area (Å²) in [6.45, 7) is 1.86. The van der Waals surface area contributed by atoms with Crippen LogP contribution in [0.4, 0.5) is 13.2 Å². The number of amides is 1. The van der Waals surface area contributed by atoms with Crippen molar-refractivity contribution in [2.24, 2.45) is 0 Å². The van der Waals surface area contributed by atoms with Gasteiger partial charge in [0.15, 0.2) is 0 Å². The Hall–Kier alpha value is -2.09. The maximum atomic E-state index is 12.6. The van der Waals surface area contributed by atoms with Crippen molar-refractivity contribution < 1.29 is 18.0 Å². The Morgan fingerprint density at radius 2 is 2.00 bits per heavy atom. The van der Waals surface area contributed by atoms with Crippen LogP contribution in [-0.2, 0) is 0 Å². The van der Waals surface area contributed by atoms with Gasteiger partial charge in [0.1, 0.15) is 6.54 Å². The van der Waals surface area contributed by atoms with Gasteiger partial charge in [0.25, 0.3) is 5.91 Å². The van der Waals surface area contributed by atoms with Gasteiger partial charge in [-0.15, -0.1) is 6.58 Å². The number of nitrogens with zero attached hydrogens (tertiary/aromatic N) is 3. The summed E-state index contributed by atoms with van der Waals surface area (Å²) in [4.78, 5) is 12.9. The minimum Gasteiger partial charge on any atom is -0.326 e. The van der Waals surface area contributed by atoms with Crippen molar-refractivity contribution in [2.75, 3.05) is 13.1 Å². The van der Waals surface area contributed by atoms with E-state index >= 15 is 0 Å². The lowest BCUT2D eigenvalue weighted by molar-refractivity contribution is -0.139. The van der Waals surface area contributed by atoms with Gasteiger partial charge in [-0.3, -0.25) is 4.79 Å². The molecule has 0 atom stereocenters. The Bertz CT molecular complexity index is 695. The summed E-state index contributed by atoms with van der Waals surface area (Å²) in [5.74, 6) is -0.745. The molecule has 1 heterocycles. The summed E-state index contributed by atoms with van der Waals surface area (Å²) in [6, 6.07) is 7.13. The van der Waals surface area contributed by atoms with E-state index in [1.807, 2.05) is 0 Å². The van der Waals surface area contributed by atoms with Gasteiger partial charge in [0, 0.05) is 17.2 Å². The van der Waals surface area contributed by atoms with Crippen molar-refractivity contribution in [1.29, 1.82) is 0 Å². The van der Waals surface area contributed by atoms with Gasteiger partial charge >= 0.3 is 6.18 Å². The summed E-state index contributed by atoms with van der Waals surface area (Å²) in [6.07, 6.45) is -0.571. The van der Waals surface area contributed by atoms with Gasteiger partial charge in [-0.25, -0.2) is 4.68 Å². The number of halogens is 4. The first-order valence-corrected chi connectivity index (χ1v) is 7.37. The van der Waals surface area contributed by atoms with Crippen molar-refractivity contribution >= 4 is 21.8 Å². The van der Waals surface area contributed by atoms with E-state index in [4.69, 9.17) is 0 Å². The van der Waals surface area contributed by atoms with Crippen molar-refractivity contribution in [3.05, 3.63) is 59.4 Å². The molecule has 0 radical (unpaired) electrons. The fraction of sp³-hybridized carbons (Fsp3) is 0.200. The monoisotopic (exact) mass is 387 g/mol. The molecule has 1 aromatic carbocycles. The first-order chi connectivity index (χ1) is 10.8. The number of alkyl halides is 3. The van der Waals surface area contributed by atoms with Gasteiger partial charge in [-0.1, -0.05) is 22.0 Å². The Labute approximate surface area is 139 Å². The molecule has 23 heavy (non-hydrogen) atoms. The van der Waals surface area contributed by atoms with E-state index in [-0.39, 0.29) is 12.1 Å². The molecule has 0 spiro atoms. The molecular formula is C15H13BrF3N3O. The molecular weight excluding hydrogens is 375 g/mol. The normalized spacial score (nSPS) is 11.3. The van der Waals surface area contributed by atoms with Gasteiger partial charge < -0.3 is 4.90 Å². The minimum atomic E-state index is -4.47. The van der Waals surface area contributed by atoms with E-state index < -0.39 is 18.6 Å². The van der Waals surface area contributed by atoms with E-state index in [0.29, 0.717) is 10.6 Å². The largest absolute Gasteiger partial charge is 0.406 e. The van der Waals surface area contributed by atoms with Crippen LogP contribution in [0.1, 0.15) is 10.4 Å². The number of hydrogen-bond acceptors (Lipinski definition) is 2. The van der Waals surface area contributed by atoms with Gasteiger partial charge in [0.05, 0.1) is 17.4 Å². The van der Waals surface area contributed by atoms with E-state index in [9.17, 15) is 18.0 Å². The molecule has 0 saturated heterocycles. The van der Waals surface area contributed by atoms with E-state index in [1.54, 1.807) is 24.3 Å². The van der Waals surface area contributed by atoms with Crippen molar-refractivity contribution in [3.8, 4) is 5.69 Å². The van der Waals surface area contributed by atoms with Crippen molar-refractivity contribution in [3.63, 3.8) is 0 Å². The first kappa shape index (κ1) is 17.3. The predicted octanol–water partition coefficient (Wildman–Crippen LogP) is 3.83. The highest BCUT2D eigenvalue weighted by molar-refractivity contribution is 9.10. The molecule has 2 rings (SSSR count). The van der Waals surface area contributed by atoms with Crippen LogP contribution in [0, 0.1) is 0 Å². The van der Waals surface area contributed by atoms with Crippen molar-refractivity contribution in [1.82, 2.24) is 14.7 Å². The number of aromatic nitrogens is 2. The second-order valence-corrected chi connectivity index (χ2v) is 5.66. The third-order valence-corrected chi connectivity index (χ3v) is 3.46. The summed E-state index contributed by atoms with van der Waals surface area (Å²) >= 11 is 3.30. The second kappa shape index (κ2) is 6.99. The van der Waals surface area contributed by atoms with Gasteiger partial charge in [0.2, 0.25) is 0 Å². The van der Waals surface area contributed by atoms with Crippen LogP contribution in [-0.4, -0.2) is 39.9 Å². The fourth-order valence-electron chi connectivity index (χ4n) is 1.94. The van der Waals surface area contributed by atoms with Gasteiger partial charge in [-0.05, 0) is 24.3 Å². The molecule has 4 nitrogen and oxygen atoms in total. The summed E-state index contributed by atoms with van der Waals surface area (Å²) < 4.78 is 40.0. The zero-order valence-electron chi connectivity index (χ0n) is 11.9.